The van der Waals surface area contributed by atoms with E-state index >= 15 is 0 Å². The molecule has 1 aliphatic rings. The van der Waals surface area contributed by atoms with Gasteiger partial charge in [0, 0.05) is 17.3 Å². The Morgan fingerprint density at radius 1 is 1.31 bits per heavy atom. The van der Waals surface area contributed by atoms with Gasteiger partial charge in [-0.1, -0.05) is 30.5 Å². The number of halogens is 1. The number of rotatable bonds is 4. The summed E-state index contributed by atoms with van der Waals surface area (Å²) < 4.78 is 5.70. The number of hydrogen-bond donors (Lipinski definition) is 1. The summed E-state index contributed by atoms with van der Waals surface area (Å²) in [7, 11) is 0. The number of nitrogens with two attached hydrogens (primary N) is 1. The lowest BCUT2D eigenvalue weighted by molar-refractivity contribution is 0.0889. The Kier molecular flexibility index (Phi) is 4.08. The van der Waals surface area contributed by atoms with E-state index in [4.69, 9.17) is 22.1 Å². The first-order chi connectivity index (χ1) is 7.75. The van der Waals surface area contributed by atoms with Crippen molar-refractivity contribution in [3.8, 4) is 0 Å². The molecule has 0 heterocycles. The smallest absolute Gasteiger partial charge is 0.0731 e. The van der Waals surface area contributed by atoms with E-state index in [0.717, 1.165) is 18.1 Å². The fraction of sp³-hybridized carbons (Fsp3) is 0.538. The molecule has 2 N–H and O–H groups in total. The topological polar surface area (TPSA) is 35.2 Å². The average molecular weight is 240 g/mol. The molecular formula is C13H18ClNO. The molecule has 2 rings (SSSR count). The Balaban J connectivity index is 1.80. The molecular weight excluding hydrogens is 222 g/mol. The number of benzene rings is 1. The van der Waals surface area contributed by atoms with Gasteiger partial charge in [0.15, 0.2) is 0 Å². The maximum absolute atomic E-state index is 6.06. The molecule has 16 heavy (non-hydrogen) atoms. The average Bonchev–Trinajstić information content (AvgIpc) is 2.74. The van der Waals surface area contributed by atoms with E-state index in [1.165, 1.54) is 25.7 Å². The van der Waals surface area contributed by atoms with Crippen molar-refractivity contribution in [2.45, 2.75) is 32.3 Å². The van der Waals surface area contributed by atoms with Gasteiger partial charge in [0.05, 0.1) is 6.61 Å². The number of ether oxygens (including phenoxy) is 1. The highest BCUT2D eigenvalue weighted by molar-refractivity contribution is 6.31. The van der Waals surface area contributed by atoms with Crippen molar-refractivity contribution in [1.82, 2.24) is 0 Å². The molecule has 1 aromatic carbocycles. The van der Waals surface area contributed by atoms with Gasteiger partial charge in [-0.15, -0.1) is 0 Å². The van der Waals surface area contributed by atoms with Crippen molar-refractivity contribution in [2.75, 3.05) is 12.3 Å². The predicted octanol–water partition coefficient (Wildman–Crippen LogP) is 3.63. The zero-order valence-electron chi connectivity index (χ0n) is 9.42. The van der Waals surface area contributed by atoms with Crippen LogP contribution >= 0.6 is 11.6 Å². The third kappa shape index (κ3) is 3.13. The van der Waals surface area contributed by atoms with E-state index in [0.29, 0.717) is 17.3 Å². The van der Waals surface area contributed by atoms with E-state index < -0.39 is 0 Å². The number of anilines is 1. The molecule has 3 heteroatoms. The molecule has 0 spiro atoms. The Hall–Kier alpha value is -0.730. The molecule has 1 saturated carbocycles. The van der Waals surface area contributed by atoms with Crippen LogP contribution in [0.5, 0.6) is 0 Å². The Bertz CT molecular complexity index is 348. The van der Waals surface area contributed by atoms with Crippen LogP contribution in [0.25, 0.3) is 0 Å². The van der Waals surface area contributed by atoms with Crippen molar-refractivity contribution >= 4 is 17.3 Å². The van der Waals surface area contributed by atoms with Crippen LogP contribution in [0.1, 0.15) is 31.2 Å². The third-order valence-electron chi connectivity index (χ3n) is 3.16. The molecule has 0 bridgehead atoms. The van der Waals surface area contributed by atoms with Gasteiger partial charge in [-0.2, -0.15) is 0 Å². The standard InChI is InChI=1S/C13H18ClNO/c14-13-7-12(15)6-5-11(13)9-16-8-10-3-1-2-4-10/h5-7,10H,1-4,8-9,15H2. The molecule has 1 fully saturated rings. The largest absolute Gasteiger partial charge is 0.399 e. The lowest BCUT2D eigenvalue weighted by Gasteiger charge is -2.10. The lowest BCUT2D eigenvalue weighted by atomic mass is 10.1. The van der Waals surface area contributed by atoms with Gasteiger partial charge in [-0.3, -0.25) is 0 Å². The van der Waals surface area contributed by atoms with Gasteiger partial charge >= 0.3 is 0 Å². The van der Waals surface area contributed by atoms with E-state index in [1.54, 1.807) is 6.07 Å². The van der Waals surface area contributed by atoms with Gasteiger partial charge in [0.25, 0.3) is 0 Å². The highest BCUT2D eigenvalue weighted by Gasteiger charge is 2.14. The second-order valence-corrected chi connectivity index (χ2v) is 4.92. The van der Waals surface area contributed by atoms with E-state index in [1.807, 2.05) is 12.1 Å². The fourth-order valence-electron chi connectivity index (χ4n) is 2.19. The Morgan fingerprint density at radius 2 is 2.06 bits per heavy atom. The summed E-state index contributed by atoms with van der Waals surface area (Å²) in [4.78, 5) is 0. The first-order valence-electron chi connectivity index (χ1n) is 5.87. The normalized spacial score (nSPS) is 16.8. The summed E-state index contributed by atoms with van der Waals surface area (Å²) in [6.07, 6.45) is 5.35. The molecule has 2 nitrogen and oxygen atoms in total. The molecule has 0 aliphatic heterocycles. The van der Waals surface area contributed by atoms with Crippen LogP contribution in [0.3, 0.4) is 0 Å². The molecule has 88 valence electrons. The molecule has 0 radical (unpaired) electrons. The van der Waals surface area contributed by atoms with Gasteiger partial charge in [0.1, 0.15) is 0 Å². The maximum atomic E-state index is 6.06. The van der Waals surface area contributed by atoms with Crippen LogP contribution in [0, 0.1) is 5.92 Å². The highest BCUT2D eigenvalue weighted by Crippen LogP contribution is 2.26. The molecule has 0 amide bonds. The summed E-state index contributed by atoms with van der Waals surface area (Å²) in [5, 5.41) is 0.700. The molecule has 0 atom stereocenters. The van der Waals surface area contributed by atoms with E-state index in [2.05, 4.69) is 0 Å². The minimum atomic E-state index is 0.593. The molecule has 1 aromatic rings. The van der Waals surface area contributed by atoms with Crippen LogP contribution in [0.2, 0.25) is 5.02 Å². The first-order valence-corrected chi connectivity index (χ1v) is 6.25. The van der Waals surface area contributed by atoms with Crippen molar-refractivity contribution in [3.63, 3.8) is 0 Å². The summed E-state index contributed by atoms with van der Waals surface area (Å²) in [5.74, 6) is 0.757. The van der Waals surface area contributed by atoms with Crippen LogP contribution in [0.15, 0.2) is 18.2 Å². The molecule has 0 aromatic heterocycles. The SMILES string of the molecule is Nc1ccc(COCC2CCCC2)c(Cl)c1. The van der Waals surface area contributed by atoms with E-state index in [9.17, 15) is 0 Å². The van der Waals surface area contributed by atoms with Crippen molar-refractivity contribution in [3.05, 3.63) is 28.8 Å². The second kappa shape index (κ2) is 5.55. The molecule has 1 aliphatic carbocycles. The summed E-state index contributed by atoms with van der Waals surface area (Å²) >= 11 is 6.06. The predicted molar refractivity (Wildman–Crippen MR) is 67.5 cm³/mol. The first kappa shape index (κ1) is 11.7. The highest BCUT2D eigenvalue weighted by atomic mass is 35.5. The van der Waals surface area contributed by atoms with Crippen LogP contribution in [-0.2, 0) is 11.3 Å². The van der Waals surface area contributed by atoms with Crippen molar-refractivity contribution < 1.29 is 4.74 Å². The van der Waals surface area contributed by atoms with Crippen LogP contribution < -0.4 is 5.73 Å². The number of hydrogen-bond acceptors (Lipinski definition) is 2. The minimum absolute atomic E-state index is 0.593. The summed E-state index contributed by atoms with van der Waals surface area (Å²) in [6, 6.07) is 5.57. The Labute approximate surface area is 102 Å². The zero-order chi connectivity index (χ0) is 11.4. The van der Waals surface area contributed by atoms with Crippen molar-refractivity contribution in [1.29, 1.82) is 0 Å². The number of nitrogen functional groups attached to an aromatic ring is 1. The zero-order valence-corrected chi connectivity index (χ0v) is 10.2. The molecule has 0 saturated heterocycles. The quantitative estimate of drug-likeness (QED) is 0.815. The van der Waals surface area contributed by atoms with Crippen molar-refractivity contribution in [2.24, 2.45) is 5.92 Å². The van der Waals surface area contributed by atoms with Crippen LogP contribution in [-0.4, -0.2) is 6.61 Å². The van der Waals surface area contributed by atoms with Crippen LogP contribution in [0.4, 0.5) is 5.69 Å². The van der Waals surface area contributed by atoms with Gasteiger partial charge in [-0.05, 0) is 36.5 Å². The second-order valence-electron chi connectivity index (χ2n) is 4.52. The summed E-state index contributed by atoms with van der Waals surface area (Å²) in [5.41, 5.74) is 7.35. The fourth-order valence-corrected chi connectivity index (χ4v) is 2.44. The molecule has 0 unspecified atom stereocenters. The third-order valence-corrected chi connectivity index (χ3v) is 3.51. The summed E-state index contributed by atoms with van der Waals surface area (Å²) in [6.45, 7) is 1.45. The lowest BCUT2D eigenvalue weighted by Crippen LogP contribution is -2.05. The minimum Gasteiger partial charge on any atom is -0.399 e. The maximum Gasteiger partial charge on any atom is 0.0731 e. The van der Waals surface area contributed by atoms with Gasteiger partial charge in [0.2, 0.25) is 0 Å². The van der Waals surface area contributed by atoms with E-state index in [-0.39, 0.29) is 0 Å². The van der Waals surface area contributed by atoms with Gasteiger partial charge in [-0.25, -0.2) is 0 Å². The van der Waals surface area contributed by atoms with Gasteiger partial charge < -0.3 is 10.5 Å². The Morgan fingerprint density at radius 3 is 2.75 bits per heavy atom. The monoisotopic (exact) mass is 239 g/mol.